The van der Waals surface area contributed by atoms with Gasteiger partial charge in [-0.3, -0.25) is 19.3 Å². The molecule has 1 aromatic carbocycles. The SMILES string of the molecule is CCN1C(=O)[C@]2(c3ccccc31)[C@@H]1C(=O)N(c3sc(C)c(C)c3C(=O)OC)C(=O)[C@@H]1[C@H]1CCCN12. The van der Waals surface area contributed by atoms with Gasteiger partial charge in [0.05, 0.1) is 24.5 Å². The van der Waals surface area contributed by atoms with Crippen LogP contribution in [0.5, 0.6) is 0 Å². The van der Waals surface area contributed by atoms with E-state index in [1.165, 1.54) is 23.3 Å². The zero-order valence-electron chi connectivity index (χ0n) is 20.2. The number of hydrogen-bond donors (Lipinski definition) is 0. The molecule has 4 aliphatic heterocycles. The molecule has 0 saturated carbocycles. The van der Waals surface area contributed by atoms with Crippen LogP contribution in [0.25, 0.3) is 0 Å². The number of rotatable bonds is 3. The fraction of sp³-hybridized carbons (Fsp3) is 0.462. The summed E-state index contributed by atoms with van der Waals surface area (Å²) in [7, 11) is 1.29. The van der Waals surface area contributed by atoms with E-state index in [1.807, 2.05) is 38.1 Å². The Kier molecular flexibility index (Phi) is 4.79. The number of methoxy groups -OCH3 is 1. The van der Waals surface area contributed by atoms with E-state index >= 15 is 0 Å². The molecule has 8 nitrogen and oxygen atoms in total. The number of ether oxygens (including phenoxy) is 1. The number of nitrogens with zero attached hydrogens (tertiary/aromatic N) is 3. The van der Waals surface area contributed by atoms with E-state index in [9.17, 15) is 19.2 Å². The van der Waals surface area contributed by atoms with E-state index < -0.39 is 29.3 Å². The summed E-state index contributed by atoms with van der Waals surface area (Å²) in [6, 6.07) is 7.45. The Balaban J connectivity index is 1.57. The normalized spacial score (nSPS) is 29.4. The number of likely N-dealkylation sites (N-methyl/N-ethyl adjacent to an activating group) is 1. The van der Waals surface area contributed by atoms with Crippen LogP contribution in [-0.4, -0.2) is 54.8 Å². The lowest BCUT2D eigenvalue weighted by molar-refractivity contribution is -0.137. The van der Waals surface area contributed by atoms with Crippen molar-refractivity contribution in [1.29, 1.82) is 0 Å². The maximum absolute atomic E-state index is 14.3. The number of aryl methyl sites for hydroxylation is 1. The van der Waals surface area contributed by atoms with Gasteiger partial charge >= 0.3 is 5.97 Å². The molecule has 0 N–H and O–H groups in total. The van der Waals surface area contributed by atoms with Gasteiger partial charge in [-0.2, -0.15) is 0 Å². The van der Waals surface area contributed by atoms with E-state index in [-0.39, 0.29) is 23.4 Å². The van der Waals surface area contributed by atoms with Crippen molar-refractivity contribution in [2.45, 2.75) is 45.2 Å². The summed E-state index contributed by atoms with van der Waals surface area (Å²) < 4.78 is 5.00. The molecule has 1 aromatic heterocycles. The van der Waals surface area contributed by atoms with Crippen LogP contribution in [0.15, 0.2) is 24.3 Å². The number of fused-ring (bicyclic) bond motifs is 7. The lowest BCUT2D eigenvalue weighted by Crippen LogP contribution is -2.56. The summed E-state index contributed by atoms with van der Waals surface area (Å²) in [5.41, 5.74) is 1.37. The van der Waals surface area contributed by atoms with Gasteiger partial charge in [0.25, 0.3) is 5.91 Å². The van der Waals surface area contributed by atoms with Crippen LogP contribution in [0.4, 0.5) is 10.7 Å². The largest absolute Gasteiger partial charge is 0.465 e. The van der Waals surface area contributed by atoms with Gasteiger partial charge in [-0.1, -0.05) is 18.2 Å². The first kappa shape index (κ1) is 22.4. The molecule has 0 bridgehead atoms. The minimum Gasteiger partial charge on any atom is -0.465 e. The topological polar surface area (TPSA) is 87.2 Å². The Morgan fingerprint density at radius 2 is 1.91 bits per heavy atom. The molecule has 2 aromatic rings. The number of carbonyl (C=O) groups excluding carboxylic acids is 4. The van der Waals surface area contributed by atoms with Crippen LogP contribution < -0.4 is 9.80 Å². The number of hydrogen-bond acceptors (Lipinski definition) is 7. The Labute approximate surface area is 207 Å². The molecule has 3 fully saturated rings. The van der Waals surface area contributed by atoms with Crippen LogP contribution in [0.2, 0.25) is 0 Å². The number of imide groups is 1. The van der Waals surface area contributed by atoms with Crippen molar-refractivity contribution in [1.82, 2.24) is 4.90 Å². The second kappa shape index (κ2) is 7.48. The van der Waals surface area contributed by atoms with Crippen molar-refractivity contribution in [3.8, 4) is 0 Å². The monoisotopic (exact) mass is 493 g/mol. The summed E-state index contributed by atoms with van der Waals surface area (Å²) >= 11 is 1.25. The highest BCUT2D eigenvalue weighted by atomic mass is 32.1. The fourth-order valence-electron chi connectivity index (χ4n) is 6.96. The molecule has 3 amide bonds. The summed E-state index contributed by atoms with van der Waals surface area (Å²) in [6.45, 7) is 6.73. The molecule has 9 heteroatoms. The molecule has 0 aliphatic carbocycles. The Bertz CT molecular complexity index is 1320. The summed E-state index contributed by atoms with van der Waals surface area (Å²) in [4.78, 5) is 61.1. The third-order valence-electron chi connectivity index (χ3n) is 8.42. The van der Waals surface area contributed by atoms with Crippen LogP contribution >= 0.6 is 11.3 Å². The van der Waals surface area contributed by atoms with E-state index in [0.717, 1.165) is 29.0 Å². The van der Waals surface area contributed by atoms with Gasteiger partial charge in [0.15, 0.2) is 0 Å². The van der Waals surface area contributed by atoms with Gasteiger partial charge in [0.1, 0.15) is 10.5 Å². The maximum Gasteiger partial charge on any atom is 0.341 e. The number of carbonyl (C=O) groups is 4. The van der Waals surface area contributed by atoms with Crippen LogP contribution in [0.1, 0.15) is 46.1 Å². The van der Waals surface area contributed by atoms with Crippen LogP contribution in [-0.2, 0) is 24.7 Å². The number of anilines is 2. The molecule has 4 aliphatic rings. The molecular weight excluding hydrogens is 466 g/mol. The predicted octanol–water partition coefficient (Wildman–Crippen LogP) is 3.00. The Morgan fingerprint density at radius 1 is 1.17 bits per heavy atom. The predicted molar refractivity (Wildman–Crippen MR) is 130 cm³/mol. The number of thiophene rings is 1. The minimum atomic E-state index is -1.20. The number of benzene rings is 1. The zero-order valence-corrected chi connectivity index (χ0v) is 21.0. The highest BCUT2D eigenvalue weighted by Gasteiger charge is 2.75. The third kappa shape index (κ3) is 2.50. The van der Waals surface area contributed by atoms with E-state index in [2.05, 4.69) is 4.90 Å². The van der Waals surface area contributed by atoms with Crippen LogP contribution in [0.3, 0.4) is 0 Å². The summed E-state index contributed by atoms with van der Waals surface area (Å²) in [5.74, 6) is -2.89. The lowest BCUT2D eigenvalue weighted by Gasteiger charge is -2.37. The van der Waals surface area contributed by atoms with Crippen molar-refractivity contribution >= 4 is 45.7 Å². The van der Waals surface area contributed by atoms with Crippen molar-refractivity contribution in [3.05, 3.63) is 45.8 Å². The lowest BCUT2D eigenvalue weighted by atomic mass is 9.75. The van der Waals surface area contributed by atoms with Crippen molar-refractivity contribution < 1.29 is 23.9 Å². The van der Waals surface area contributed by atoms with Crippen molar-refractivity contribution in [2.24, 2.45) is 11.8 Å². The highest BCUT2D eigenvalue weighted by molar-refractivity contribution is 7.17. The molecule has 3 saturated heterocycles. The number of esters is 1. The fourth-order valence-corrected chi connectivity index (χ4v) is 8.12. The highest BCUT2D eigenvalue weighted by Crippen LogP contribution is 2.62. The second-order valence-electron chi connectivity index (χ2n) is 9.71. The first-order valence-electron chi connectivity index (χ1n) is 12.0. The van der Waals surface area contributed by atoms with Gasteiger partial charge < -0.3 is 9.64 Å². The van der Waals surface area contributed by atoms with Gasteiger partial charge in [-0.15, -0.1) is 11.3 Å². The smallest absolute Gasteiger partial charge is 0.341 e. The molecular formula is C26H27N3O5S. The molecule has 182 valence electrons. The third-order valence-corrected chi connectivity index (χ3v) is 9.61. The van der Waals surface area contributed by atoms with Gasteiger partial charge in [-0.05, 0) is 51.8 Å². The number of para-hydroxylation sites is 1. The number of amides is 3. The second-order valence-corrected chi connectivity index (χ2v) is 10.9. The van der Waals surface area contributed by atoms with Gasteiger partial charge in [-0.25, -0.2) is 9.69 Å². The Hall–Kier alpha value is -3.04. The summed E-state index contributed by atoms with van der Waals surface area (Å²) in [5, 5.41) is 0.307. The molecule has 35 heavy (non-hydrogen) atoms. The maximum atomic E-state index is 14.3. The molecule has 5 heterocycles. The van der Waals surface area contributed by atoms with Crippen molar-refractivity contribution in [3.63, 3.8) is 0 Å². The first-order chi connectivity index (χ1) is 16.8. The zero-order chi connectivity index (χ0) is 24.8. The Morgan fingerprint density at radius 3 is 2.63 bits per heavy atom. The van der Waals surface area contributed by atoms with E-state index in [0.29, 0.717) is 23.7 Å². The minimum absolute atomic E-state index is 0.129. The van der Waals surface area contributed by atoms with E-state index in [4.69, 9.17) is 4.74 Å². The van der Waals surface area contributed by atoms with Gasteiger partial charge in [0, 0.05) is 28.7 Å². The van der Waals surface area contributed by atoms with Crippen LogP contribution in [0, 0.1) is 25.7 Å². The molecule has 1 spiro atoms. The summed E-state index contributed by atoms with van der Waals surface area (Å²) in [6.07, 6.45) is 1.62. The quantitative estimate of drug-likeness (QED) is 0.483. The average molecular weight is 494 g/mol. The van der Waals surface area contributed by atoms with Gasteiger partial charge in [0.2, 0.25) is 11.8 Å². The average Bonchev–Trinajstić information content (AvgIpc) is 3.60. The molecule has 0 radical (unpaired) electrons. The standard InChI is InChI=1S/C26H27N3O5S/c1-5-27-16-10-7-6-9-15(16)26(25(27)33)20-19(17-11-8-12-28(17)26)21(30)29(22(20)31)23-18(24(32)34-4)13(2)14(3)35-23/h6-7,9-10,17,19-20H,5,8,11-12H2,1-4H3/t17-,19-,20+,26+/m1/s1. The first-order valence-corrected chi connectivity index (χ1v) is 12.9. The van der Waals surface area contributed by atoms with E-state index in [1.54, 1.807) is 11.8 Å². The van der Waals surface area contributed by atoms with Crippen molar-refractivity contribution in [2.75, 3.05) is 30.0 Å². The molecule has 0 unspecified atom stereocenters. The molecule has 4 atom stereocenters. The molecule has 6 rings (SSSR count).